The number of rotatable bonds is 5. The molecule has 158 valence electrons. The third-order valence-electron chi connectivity index (χ3n) is 5.06. The Morgan fingerprint density at radius 2 is 1.97 bits per heavy atom. The highest BCUT2D eigenvalue weighted by atomic mass is 16.5. The number of likely N-dealkylation sites (N-methyl/N-ethyl adjacent to an activating group) is 1. The first-order valence-corrected chi connectivity index (χ1v) is 9.89. The average Bonchev–Trinajstić information content (AvgIpc) is 2.70. The van der Waals surface area contributed by atoms with Gasteiger partial charge in [0.2, 0.25) is 11.9 Å². The van der Waals surface area contributed by atoms with Crippen molar-refractivity contribution in [3.05, 3.63) is 23.8 Å². The standard InChI is InChI=1S/C20H28N4O5/c1-4-28-15-12-13(6-7-14(15)25)17-16(19(27)29-5-2)18(26)22-20(21-17)24-10-8-23(3)9-11-24/h6-7,12,16-17,25H,4-5,8-11H2,1-3H3,(H,21,22,26)/t16-,17+/m1/s1. The predicted molar refractivity (Wildman–Crippen MR) is 107 cm³/mol. The van der Waals surface area contributed by atoms with Crippen LogP contribution < -0.4 is 10.1 Å². The molecule has 1 fully saturated rings. The number of esters is 1. The van der Waals surface area contributed by atoms with Crippen LogP contribution in [0.1, 0.15) is 25.5 Å². The van der Waals surface area contributed by atoms with Crippen molar-refractivity contribution in [3.8, 4) is 11.5 Å². The van der Waals surface area contributed by atoms with Crippen molar-refractivity contribution >= 4 is 17.8 Å². The van der Waals surface area contributed by atoms with Gasteiger partial charge in [0.25, 0.3) is 0 Å². The molecule has 2 heterocycles. The van der Waals surface area contributed by atoms with Crippen LogP contribution in [-0.4, -0.2) is 79.2 Å². The number of benzene rings is 1. The summed E-state index contributed by atoms with van der Waals surface area (Å²) in [6.07, 6.45) is 0. The number of nitrogens with zero attached hydrogens (tertiary/aromatic N) is 3. The zero-order chi connectivity index (χ0) is 21.0. The first-order chi connectivity index (χ1) is 13.9. The second-order valence-corrected chi connectivity index (χ2v) is 7.07. The van der Waals surface area contributed by atoms with E-state index in [4.69, 9.17) is 14.5 Å². The maximum Gasteiger partial charge on any atom is 0.321 e. The SMILES string of the molecule is CCOC(=O)[C@H]1C(=O)NC(N2CCN(C)CC2)=N[C@H]1c1ccc(O)c(OCC)c1. The van der Waals surface area contributed by atoms with Crippen molar-refractivity contribution in [2.45, 2.75) is 19.9 Å². The van der Waals surface area contributed by atoms with Crippen molar-refractivity contribution in [2.24, 2.45) is 10.9 Å². The number of aromatic hydroxyl groups is 1. The lowest BCUT2D eigenvalue weighted by atomic mass is 9.91. The van der Waals surface area contributed by atoms with E-state index in [-0.39, 0.29) is 18.1 Å². The molecule has 0 bridgehead atoms. The van der Waals surface area contributed by atoms with E-state index in [1.807, 2.05) is 18.9 Å². The molecule has 2 aliphatic rings. The summed E-state index contributed by atoms with van der Waals surface area (Å²) >= 11 is 0. The van der Waals surface area contributed by atoms with E-state index >= 15 is 0 Å². The average molecular weight is 404 g/mol. The van der Waals surface area contributed by atoms with Gasteiger partial charge in [0.05, 0.1) is 13.2 Å². The number of phenolic OH excluding ortho intramolecular Hbond substituents is 1. The van der Waals surface area contributed by atoms with Gasteiger partial charge in [-0.3, -0.25) is 14.9 Å². The number of carbonyl (C=O) groups is 2. The lowest BCUT2D eigenvalue weighted by Gasteiger charge is -2.37. The maximum absolute atomic E-state index is 12.9. The van der Waals surface area contributed by atoms with Crippen LogP contribution in [0, 0.1) is 5.92 Å². The Bertz CT molecular complexity index is 789. The normalized spacial score (nSPS) is 22.7. The van der Waals surface area contributed by atoms with Gasteiger partial charge in [-0.15, -0.1) is 0 Å². The molecular weight excluding hydrogens is 376 g/mol. The van der Waals surface area contributed by atoms with Crippen molar-refractivity contribution in [2.75, 3.05) is 46.4 Å². The molecule has 2 N–H and O–H groups in total. The number of nitrogens with one attached hydrogen (secondary N) is 1. The second kappa shape index (κ2) is 9.13. The smallest absolute Gasteiger partial charge is 0.321 e. The molecule has 0 spiro atoms. The molecule has 1 amide bonds. The molecule has 1 aromatic rings. The predicted octanol–water partition coefficient (Wildman–Crippen LogP) is 0.745. The second-order valence-electron chi connectivity index (χ2n) is 7.07. The quantitative estimate of drug-likeness (QED) is 0.551. The van der Waals surface area contributed by atoms with Crippen molar-refractivity contribution in [1.82, 2.24) is 15.1 Å². The van der Waals surface area contributed by atoms with Crippen LogP contribution in [0.2, 0.25) is 0 Å². The highest BCUT2D eigenvalue weighted by molar-refractivity contribution is 6.08. The van der Waals surface area contributed by atoms with Crippen molar-refractivity contribution in [1.29, 1.82) is 0 Å². The number of guanidine groups is 1. The molecule has 0 saturated carbocycles. The van der Waals surface area contributed by atoms with E-state index in [0.717, 1.165) is 26.2 Å². The van der Waals surface area contributed by atoms with Gasteiger partial charge in [0.15, 0.2) is 17.4 Å². The van der Waals surface area contributed by atoms with E-state index in [1.54, 1.807) is 19.1 Å². The zero-order valence-electron chi connectivity index (χ0n) is 17.1. The summed E-state index contributed by atoms with van der Waals surface area (Å²) in [4.78, 5) is 34.4. The number of hydrogen-bond donors (Lipinski definition) is 2. The Kier molecular flexibility index (Phi) is 6.58. The minimum absolute atomic E-state index is 0.00758. The Morgan fingerprint density at radius 3 is 2.62 bits per heavy atom. The minimum atomic E-state index is -1.11. The summed E-state index contributed by atoms with van der Waals surface area (Å²) < 4.78 is 10.6. The third-order valence-corrected chi connectivity index (χ3v) is 5.06. The Morgan fingerprint density at radius 1 is 1.24 bits per heavy atom. The number of phenols is 1. The van der Waals surface area contributed by atoms with E-state index < -0.39 is 23.8 Å². The van der Waals surface area contributed by atoms with Crippen LogP contribution in [0.25, 0.3) is 0 Å². The molecule has 2 aliphatic heterocycles. The van der Waals surface area contributed by atoms with Crippen LogP contribution >= 0.6 is 0 Å². The molecule has 9 nitrogen and oxygen atoms in total. The number of carbonyl (C=O) groups excluding carboxylic acids is 2. The summed E-state index contributed by atoms with van der Waals surface area (Å²) in [6.45, 7) is 7.22. The summed E-state index contributed by atoms with van der Waals surface area (Å²) in [7, 11) is 2.05. The van der Waals surface area contributed by atoms with Gasteiger partial charge >= 0.3 is 5.97 Å². The van der Waals surface area contributed by atoms with Crippen LogP contribution in [0.15, 0.2) is 23.2 Å². The lowest BCUT2D eigenvalue weighted by Crippen LogP contribution is -2.56. The van der Waals surface area contributed by atoms with Gasteiger partial charge in [-0.05, 0) is 38.6 Å². The molecule has 9 heteroatoms. The van der Waals surface area contributed by atoms with E-state index in [2.05, 4.69) is 10.2 Å². The van der Waals surface area contributed by atoms with Gasteiger partial charge in [0.1, 0.15) is 6.04 Å². The van der Waals surface area contributed by atoms with Gasteiger partial charge in [-0.1, -0.05) is 6.07 Å². The van der Waals surface area contributed by atoms with Gasteiger partial charge in [-0.25, -0.2) is 4.99 Å². The highest BCUT2D eigenvalue weighted by Crippen LogP contribution is 2.36. The molecule has 1 saturated heterocycles. The van der Waals surface area contributed by atoms with Crippen LogP contribution in [0.5, 0.6) is 11.5 Å². The summed E-state index contributed by atoms with van der Waals surface area (Å²) in [5.74, 6) is -1.43. The first kappa shape index (κ1) is 20.9. The zero-order valence-corrected chi connectivity index (χ0v) is 17.1. The van der Waals surface area contributed by atoms with E-state index in [9.17, 15) is 14.7 Å². The third kappa shape index (κ3) is 4.61. The molecule has 29 heavy (non-hydrogen) atoms. The fourth-order valence-corrected chi connectivity index (χ4v) is 3.47. The fourth-order valence-electron chi connectivity index (χ4n) is 3.47. The van der Waals surface area contributed by atoms with Gasteiger partial charge in [0, 0.05) is 26.2 Å². The molecule has 2 atom stereocenters. The molecular formula is C20H28N4O5. The van der Waals surface area contributed by atoms with Crippen molar-refractivity contribution < 1.29 is 24.2 Å². The molecule has 0 radical (unpaired) electrons. The first-order valence-electron chi connectivity index (χ1n) is 9.89. The summed E-state index contributed by atoms with van der Waals surface area (Å²) in [5.41, 5.74) is 0.603. The molecule has 0 unspecified atom stereocenters. The minimum Gasteiger partial charge on any atom is -0.504 e. The van der Waals surface area contributed by atoms with Gasteiger partial charge < -0.3 is 24.4 Å². The maximum atomic E-state index is 12.9. The molecule has 3 rings (SSSR count). The summed E-state index contributed by atoms with van der Waals surface area (Å²) in [5, 5.41) is 12.8. The summed E-state index contributed by atoms with van der Waals surface area (Å²) in [6, 6.07) is 4.00. The number of amides is 1. The largest absolute Gasteiger partial charge is 0.504 e. The van der Waals surface area contributed by atoms with Crippen LogP contribution in [0.3, 0.4) is 0 Å². The van der Waals surface area contributed by atoms with Crippen LogP contribution in [-0.2, 0) is 14.3 Å². The molecule has 1 aromatic carbocycles. The number of ether oxygens (including phenoxy) is 2. The van der Waals surface area contributed by atoms with Crippen LogP contribution in [0.4, 0.5) is 0 Å². The topological polar surface area (TPSA) is 104 Å². The van der Waals surface area contributed by atoms with E-state index in [0.29, 0.717) is 18.1 Å². The van der Waals surface area contributed by atoms with Gasteiger partial charge in [-0.2, -0.15) is 0 Å². The highest BCUT2D eigenvalue weighted by Gasteiger charge is 2.42. The Balaban J connectivity index is 1.98. The Labute approximate surface area is 170 Å². The van der Waals surface area contributed by atoms with E-state index in [1.165, 1.54) is 6.07 Å². The molecule has 0 aliphatic carbocycles. The van der Waals surface area contributed by atoms with Crippen molar-refractivity contribution in [3.63, 3.8) is 0 Å². The Hall–Kier alpha value is -2.81. The number of piperazine rings is 1. The lowest BCUT2D eigenvalue weighted by molar-refractivity contribution is -0.153. The fraction of sp³-hybridized carbons (Fsp3) is 0.550. The number of hydrogen-bond acceptors (Lipinski definition) is 8. The molecule has 0 aromatic heterocycles. The monoisotopic (exact) mass is 404 g/mol. The number of aliphatic imine (C=N–C) groups is 1.